The van der Waals surface area contributed by atoms with Gasteiger partial charge in [0.2, 0.25) is 10.0 Å². The topological polar surface area (TPSA) is 58.5 Å². The molecule has 0 aliphatic heterocycles. The molecule has 0 heterocycles. The van der Waals surface area contributed by atoms with E-state index in [1.54, 1.807) is 42.6 Å². The lowest BCUT2D eigenvalue weighted by molar-refractivity contribution is 0.412. The summed E-state index contributed by atoms with van der Waals surface area (Å²) >= 11 is 12.1. The van der Waals surface area contributed by atoms with Crippen molar-refractivity contribution in [3.63, 3.8) is 0 Å². The van der Waals surface area contributed by atoms with Gasteiger partial charge in [0.15, 0.2) is 0 Å². The Morgan fingerprint density at radius 2 is 1.69 bits per heavy atom. The zero-order valence-electron chi connectivity index (χ0n) is 14.2. The van der Waals surface area contributed by atoms with Gasteiger partial charge in [-0.3, -0.25) is 4.99 Å². The highest BCUT2D eigenvalue weighted by Gasteiger charge is 2.21. The highest BCUT2D eigenvalue weighted by molar-refractivity contribution is 7.89. The summed E-state index contributed by atoms with van der Waals surface area (Å²) in [6.07, 6.45) is 6.75. The summed E-state index contributed by atoms with van der Waals surface area (Å²) < 4.78 is 27.8. The third kappa shape index (κ3) is 4.86. The van der Waals surface area contributed by atoms with E-state index >= 15 is 0 Å². The van der Waals surface area contributed by atoms with Crippen LogP contribution in [0.2, 0.25) is 10.0 Å². The number of rotatable bonds is 5. The molecular formula is C19H20Cl2N2O2S. The monoisotopic (exact) mass is 410 g/mol. The van der Waals surface area contributed by atoms with Gasteiger partial charge in [0.05, 0.1) is 20.6 Å². The lowest BCUT2D eigenvalue weighted by atomic mass is 9.96. The standard InChI is InChI=1S/C19H20Cl2N2O2S/c20-18-8-4-5-14(19(18)21)13-22-15-9-11-17(12-10-15)26(24,25)23-16-6-2-1-3-7-16/h4-5,8-13,16,23H,1-3,6-7H2. The van der Waals surface area contributed by atoms with E-state index in [1.165, 1.54) is 6.42 Å². The molecule has 1 saturated carbocycles. The Kier molecular flexibility index (Phi) is 6.35. The highest BCUT2D eigenvalue weighted by atomic mass is 35.5. The maximum absolute atomic E-state index is 12.5. The average Bonchev–Trinajstić information content (AvgIpc) is 2.64. The number of hydrogen-bond acceptors (Lipinski definition) is 3. The molecule has 0 spiro atoms. The smallest absolute Gasteiger partial charge is 0.240 e. The predicted molar refractivity (Wildman–Crippen MR) is 107 cm³/mol. The molecule has 1 fully saturated rings. The van der Waals surface area contributed by atoms with Crippen molar-refractivity contribution in [2.24, 2.45) is 4.99 Å². The second-order valence-corrected chi connectivity index (χ2v) is 8.85. The van der Waals surface area contributed by atoms with Crippen LogP contribution in [0.25, 0.3) is 0 Å². The van der Waals surface area contributed by atoms with Gasteiger partial charge in [-0.2, -0.15) is 0 Å². The first-order chi connectivity index (χ1) is 12.5. The maximum atomic E-state index is 12.5. The van der Waals surface area contributed by atoms with E-state index in [0.717, 1.165) is 25.7 Å². The molecule has 4 nitrogen and oxygen atoms in total. The fourth-order valence-electron chi connectivity index (χ4n) is 2.98. The lowest BCUT2D eigenvalue weighted by Gasteiger charge is -2.22. The second kappa shape index (κ2) is 8.53. The molecule has 1 N–H and O–H groups in total. The Morgan fingerprint density at radius 3 is 2.38 bits per heavy atom. The van der Waals surface area contributed by atoms with Crippen LogP contribution in [0, 0.1) is 0 Å². The zero-order chi connectivity index (χ0) is 18.6. The van der Waals surface area contributed by atoms with E-state index in [2.05, 4.69) is 9.71 Å². The van der Waals surface area contributed by atoms with Crippen molar-refractivity contribution in [1.29, 1.82) is 0 Å². The molecule has 138 valence electrons. The minimum absolute atomic E-state index is 0.0384. The van der Waals surface area contributed by atoms with Crippen LogP contribution in [0.4, 0.5) is 5.69 Å². The van der Waals surface area contributed by atoms with Crippen LogP contribution in [0.1, 0.15) is 37.7 Å². The molecule has 0 saturated heterocycles. The summed E-state index contributed by atoms with van der Waals surface area (Å²) in [6.45, 7) is 0. The molecule has 26 heavy (non-hydrogen) atoms. The van der Waals surface area contributed by atoms with Crippen molar-refractivity contribution in [3.05, 3.63) is 58.1 Å². The average molecular weight is 411 g/mol. The molecule has 1 aliphatic rings. The van der Waals surface area contributed by atoms with Crippen LogP contribution in [0.15, 0.2) is 52.4 Å². The second-order valence-electron chi connectivity index (χ2n) is 6.35. The number of hydrogen-bond donors (Lipinski definition) is 1. The molecule has 0 radical (unpaired) electrons. The van der Waals surface area contributed by atoms with Crippen molar-refractivity contribution < 1.29 is 8.42 Å². The summed E-state index contributed by atoms with van der Waals surface area (Å²) in [6, 6.07) is 11.8. The molecule has 0 aromatic heterocycles. The molecule has 0 atom stereocenters. The Labute approximate surface area is 164 Å². The maximum Gasteiger partial charge on any atom is 0.240 e. The molecule has 1 aliphatic carbocycles. The van der Waals surface area contributed by atoms with E-state index in [0.29, 0.717) is 21.3 Å². The summed E-state index contributed by atoms with van der Waals surface area (Å²) in [5.74, 6) is 0. The fraction of sp³-hybridized carbons (Fsp3) is 0.316. The quantitative estimate of drug-likeness (QED) is 0.674. The van der Waals surface area contributed by atoms with Crippen molar-refractivity contribution in [3.8, 4) is 0 Å². The molecule has 0 amide bonds. The van der Waals surface area contributed by atoms with E-state index < -0.39 is 10.0 Å². The van der Waals surface area contributed by atoms with Crippen LogP contribution >= 0.6 is 23.2 Å². The van der Waals surface area contributed by atoms with Gasteiger partial charge in [0.1, 0.15) is 0 Å². The Balaban J connectivity index is 1.71. The highest BCUT2D eigenvalue weighted by Crippen LogP contribution is 2.25. The summed E-state index contributed by atoms with van der Waals surface area (Å²) in [7, 11) is -3.50. The van der Waals surface area contributed by atoms with Gasteiger partial charge in [0, 0.05) is 17.8 Å². The number of nitrogens with one attached hydrogen (secondary N) is 1. The minimum atomic E-state index is -3.50. The van der Waals surface area contributed by atoms with Crippen LogP contribution in [0.5, 0.6) is 0 Å². The molecule has 2 aromatic carbocycles. The zero-order valence-corrected chi connectivity index (χ0v) is 16.5. The molecule has 0 bridgehead atoms. The van der Waals surface area contributed by atoms with Crippen molar-refractivity contribution in [2.45, 2.75) is 43.0 Å². The number of nitrogens with zero attached hydrogens (tertiary/aromatic N) is 1. The number of halogens is 2. The normalized spacial score (nSPS) is 16.2. The van der Waals surface area contributed by atoms with E-state index in [4.69, 9.17) is 23.2 Å². The number of sulfonamides is 1. The molecule has 0 unspecified atom stereocenters. The van der Waals surface area contributed by atoms with Gasteiger partial charge >= 0.3 is 0 Å². The van der Waals surface area contributed by atoms with Crippen LogP contribution in [-0.2, 0) is 10.0 Å². The van der Waals surface area contributed by atoms with Gasteiger partial charge in [-0.1, -0.05) is 54.6 Å². The van der Waals surface area contributed by atoms with Crippen LogP contribution in [0.3, 0.4) is 0 Å². The summed E-state index contributed by atoms with van der Waals surface area (Å²) in [4.78, 5) is 4.59. The summed E-state index contributed by atoms with van der Waals surface area (Å²) in [5.41, 5.74) is 1.34. The van der Waals surface area contributed by atoms with Gasteiger partial charge in [0.25, 0.3) is 0 Å². The van der Waals surface area contributed by atoms with E-state index in [1.807, 2.05) is 6.07 Å². The number of benzene rings is 2. The van der Waals surface area contributed by atoms with E-state index in [9.17, 15) is 8.42 Å². The Morgan fingerprint density at radius 1 is 1.00 bits per heavy atom. The largest absolute Gasteiger partial charge is 0.256 e. The predicted octanol–water partition coefficient (Wildman–Crippen LogP) is 5.36. The first kappa shape index (κ1) is 19.4. The van der Waals surface area contributed by atoms with Crippen molar-refractivity contribution in [2.75, 3.05) is 0 Å². The first-order valence-corrected chi connectivity index (χ1v) is 10.8. The third-order valence-corrected chi connectivity index (χ3v) is 6.78. The molecule has 2 aromatic rings. The molecule has 3 rings (SSSR count). The van der Waals surface area contributed by atoms with Crippen molar-refractivity contribution >= 4 is 45.1 Å². The summed E-state index contributed by atoms with van der Waals surface area (Å²) in [5, 5.41) is 0.902. The Hall–Kier alpha value is -1.40. The van der Waals surface area contributed by atoms with Crippen LogP contribution in [-0.4, -0.2) is 20.7 Å². The Bertz CT molecular complexity index is 890. The molecular weight excluding hydrogens is 391 g/mol. The molecule has 7 heteroatoms. The van der Waals surface area contributed by atoms with Gasteiger partial charge < -0.3 is 0 Å². The lowest BCUT2D eigenvalue weighted by Crippen LogP contribution is -2.36. The fourth-order valence-corrected chi connectivity index (χ4v) is 4.65. The van der Waals surface area contributed by atoms with Crippen LogP contribution < -0.4 is 4.72 Å². The SMILES string of the molecule is O=S(=O)(NC1CCCCC1)c1ccc(N=Cc2cccc(Cl)c2Cl)cc1. The van der Waals surface area contributed by atoms with Gasteiger partial charge in [-0.15, -0.1) is 0 Å². The van der Waals surface area contributed by atoms with E-state index in [-0.39, 0.29) is 10.9 Å². The van der Waals surface area contributed by atoms with Crippen molar-refractivity contribution in [1.82, 2.24) is 4.72 Å². The van der Waals surface area contributed by atoms with Gasteiger partial charge in [-0.05, 0) is 43.2 Å². The third-order valence-electron chi connectivity index (χ3n) is 4.41. The first-order valence-electron chi connectivity index (χ1n) is 8.56. The van der Waals surface area contributed by atoms with Gasteiger partial charge in [-0.25, -0.2) is 13.1 Å². The number of aliphatic imine (C=N–C) groups is 1. The minimum Gasteiger partial charge on any atom is -0.256 e.